The van der Waals surface area contributed by atoms with Crippen LogP contribution >= 0.6 is 11.6 Å². The molecule has 0 saturated carbocycles. The summed E-state index contributed by atoms with van der Waals surface area (Å²) in [5.41, 5.74) is 2.45. The van der Waals surface area contributed by atoms with Crippen LogP contribution in [0.25, 0.3) is 0 Å². The third-order valence-corrected chi connectivity index (χ3v) is 4.01. The van der Waals surface area contributed by atoms with Crippen molar-refractivity contribution in [3.63, 3.8) is 0 Å². The van der Waals surface area contributed by atoms with E-state index in [2.05, 4.69) is 29.8 Å². The second-order valence-corrected chi connectivity index (χ2v) is 5.34. The predicted molar refractivity (Wildman–Crippen MR) is 67.7 cm³/mol. The lowest BCUT2D eigenvalue weighted by Crippen LogP contribution is -2.40. The Morgan fingerprint density at radius 2 is 2.38 bits per heavy atom. The van der Waals surface area contributed by atoms with Crippen molar-refractivity contribution in [1.29, 1.82) is 0 Å². The second-order valence-electron chi connectivity index (χ2n) is 4.78. The number of rotatable bonds is 2. The maximum Gasteiger partial charge on any atom is 0.0573 e. The molecule has 88 valence electrons. The number of aryl methyl sites for hydroxylation is 1. The van der Waals surface area contributed by atoms with Crippen molar-refractivity contribution < 1.29 is 0 Å². The summed E-state index contributed by atoms with van der Waals surface area (Å²) in [6.07, 6.45) is 3.06. The Hall–Kier alpha value is -0.600. The molecule has 16 heavy (non-hydrogen) atoms. The Morgan fingerprint density at radius 3 is 3.06 bits per heavy atom. The molecule has 0 N–H and O–H groups in total. The lowest BCUT2D eigenvalue weighted by molar-refractivity contribution is 0.187. The largest absolute Gasteiger partial charge is 0.296 e. The Balaban J connectivity index is 1.98. The minimum atomic E-state index is 0.290. The summed E-state index contributed by atoms with van der Waals surface area (Å²) in [6, 6.07) is 4.11. The first-order chi connectivity index (χ1) is 7.66. The second kappa shape index (κ2) is 5.15. The van der Waals surface area contributed by atoms with E-state index >= 15 is 0 Å². The Kier molecular flexibility index (Phi) is 3.82. The van der Waals surface area contributed by atoms with Crippen molar-refractivity contribution in [2.75, 3.05) is 13.1 Å². The van der Waals surface area contributed by atoms with Crippen molar-refractivity contribution in [1.82, 2.24) is 9.88 Å². The van der Waals surface area contributed by atoms with Gasteiger partial charge >= 0.3 is 0 Å². The van der Waals surface area contributed by atoms with Crippen LogP contribution in [-0.2, 0) is 6.54 Å². The molecule has 0 bridgehead atoms. The standard InChI is InChI=1S/C13H19ClN2/c1-10-5-7-16(8-12(10)14)9-13-11(2)4-3-6-15-13/h3-4,6,10,12H,5,7-9H2,1-2H3. The molecule has 1 saturated heterocycles. The van der Waals surface area contributed by atoms with E-state index in [4.69, 9.17) is 11.6 Å². The molecular weight excluding hydrogens is 220 g/mol. The molecule has 0 amide bonds. The van der Waals surface area contributed by atoms with Crippen LogP contribution in [0.5, 0.6) is 0 Å². The molecular formula is C13H19ClN2. The summed E-state index contributed by atoms with van der Waals surface area (Å²) in [7, 11) is 0. The van der Waals surface area contributed by atoms with Crippen molar-refractivity contribution in [3.05, 3.63) is 29.6 Å². The zero-order valence-corrected chi connectivity index (χ0v) is 10.7. The molecule has 3 heteroatoms. The zero-order chi connectivity index (χ0) is 11.5. The third kappa shape index (κ3) is 2.74. The van der Waals surface area contributed by atoms with Gasteiger partial charge in [-0.1, -0.05) is 13.0 Å². The average Bonchev–Trinajstić information content (AvgIpc) is 2.27. The van der Waals surface area contributed by atoms with Crippen molar-refractivity contribution in [2.45, 2.75) is 32.2 Å². The van der Waals surface area contributed by atoms with Gasteiger partial charge in [0, 0.05) is 24.7 Å². The van der Waals surface area contributed by atoms with Crippen LogP contribution < -0.4 is 0 Å². The molecule has 0 aromatic carbocycles. The van der Waals surface area contributed by atoms with Gasteiger partial charge in [0.2, 0.25) is 0 Å². The molecule has 2 unspecified atom stereocenters. The Labute approximate surface area is 103 Å². The summed E-state index contributed by atoms with van der Waals surface area (Å²) in [6.45, 7) is 7.41. The topological polar surface area (TPSA) is 16.1 Å². The fourth-order valence-electron chi connectivity index (χ4n) is 2.12. The number of hydrogen-bond donors (Lipinski definition) is 0. The number of alkyl halides is 1. The van der Waals surface area contributed by atoms with Gasteiger partial charge in [-0.3, -0.25) is 9.88 Å². The highest BCUT2D eigenvalue weighted by Crippen LogP contribution is 2.23. The maximum absolute atomic E-state index is 6.31. The molecule has 2 atom stereocenters. The van der Waals surface area contributed by atoms with Gasteiger partial charge in [-0.15, -0.1) is 11.6 Å². The number of aromatic nitrogens is 1. The van der Waals surface area contributed by atoms with Gasteiger partial charge in [0.25, 0.3) is 0 Å². The number of piperidine rings is 1. The van der Waals surface area contributed by atoms with Gasteiger partial charge in [-0.25, -0.2) is 0 Å². The number of nitrogens with zero attached hydrogens (tertiary/aromatic N) is 2. The normalized spacial score (nSPS) is 26.9. The molecule has 0 radical (unpaired) electrons. The monoisotopic (exact) mass is 238 g/mol. The number of pyridine rings is 1. The van der Waals surface area contributed by atoms with E-state index in [9.17, 15) is 0 Å². The van der Waals surface area contributed by atoms with Gasteiger partial charge in [0.1, 0.15) is 0 Å². The molecule has 2 nitrogen and oxygen atoms in total. The predicted octanol–water partition coefficient (Wildman–Crippen LogP) is 2.84. The molecule has 1 aromatic rings. The van der Waals surface area contributed by atoms with E-state index in [0.717, 1.165) is 19.6 Å². The summed E-state index contributed by atoms with van der Waals surface area (Å²) in [5, 5.41) is 0.290. The highest BCUT2D eigenvalue weighted by atomic mass is 35.5. The van der Waals surface area contributed by atoms with Gasteiger partial charge in [-0.05, 0) is 37.4 Å². The number of likely N-dealkylation sites (tertiary alicyclic amines) is 1. The summed E-state index contributed by atoms with van der Waals surface area (Å²) in [4.78, 5) is 6.84. The average molecular weight is 239 g/mol. The van der Waals surface area contributed by atoms with E-state index in [1.165, 1.54) is 17.7 Å². The van der Waals surface area contributed by atoms with Crippen LogP contribution in [0.4, 0.5) is 0 Å². The molecule has 1 aliphatic heterocycles. The van der Waals surface area contributed by atoms with E-state index in [1.807, 2.05) is 12.3 Å². The minimum Gasteiger partial charge on any atom is -0.296 e. The van der Waals surface area contributed by atoms with Crippen molar-refractivity contribution in [3.8, 4) is 0 Å². The van der Waals surface area contributed by atoms with Crippen LogP contribution in [0.15, 0.2) is 18.3 Å². The number of halogens is 1. The van der Waals surface area contributed by atoms with Gasteiger partial charge in [0.05, 0.1) is 5.69 Å². The van der Waals surface area contributed by atoms with Crippen LogP contribution in [0.1, 0.15) is 24.6 Å². The molecule has 1 aliphatic rings. The zero-order valence-electron chi connectivity index (χ0n) is 9.99. The summed E-state index contributed by atoms with van der Waals surface area (Å²) >= 11 is 6.31. The van der Waals surface area contributed by atoms with E-state index in [-0.39, 0.29) is 5.38 Å². The van der Waals surface area contributed by atoms with E-state index in [0.29, 0.717) is 5.92 Å². The molecule has 2 rings (SSSR count). The maximum atomic E-state index is 6.31. The molecule has 1 fully saturated rings. The molecule has 0 spiro atoms. The third-order valence-electron chi connectivity index (χ3n) is 3.44. The van der Waals surface area contributed by atoms with Crippen molar-refractivity contribution >= 4 is 11.6 Å². The quantitative estimate of drug-likeness (QED) is 0.737. The first-order valence-electron chi connectivity index (χ1n) is 5.93. The number of hydrogen-bond acceptors (Lipinski definition) is 2. The van der Waals surface area contributed by atoms with Crippen LogP contribution in [-0.4, -0.2) is 28.4 Å². The fourth-order valence-corrected chi connectivity index (χ4v) is 2.45. The van der Waals surface area contributed by atoms with Crippen LogP contribution in [0.2, 0.25) is 0 Å². The summed E-state index contributed by atoms with van der Waals surface area (Å²) in [5.74, 6) is 0.641. The summed E-state index contributed by atoms with van der Waals surface area (Å²) < 4.78 is 0. The molecule has 0 aliphatic carbocycles. The van der Waals surface area contributed by atoms with Gasteiger partial charge in [0.15, 0.2) is 0 Å². The SMILES string of the molecule is Cc1cccnc1CN1CCC(C)C(Cl)C1. The highest BCUT2D eigenvalue weighted by molar-refractivity contribution is 6.21. The molecule has 2 heterocycles. The van der Waals surface area contributed by atoms with Crippen molar-refractivity contribution in [2.24, 2.45) is 5.92 Å². The lowest BCUT2D eigenvalue weighted by atomic mass is 9.98. The molecule has 1 aromatic heterocycles. The smallest absolute Gasteiger partial charge is 0.0573 e. The Morgan fingerprint density at radius 1 is 1.56 bits per heavy atom. The first-order valence-corrected chi connectivity index (χ1v) is 6.37. The Bertz CT molecular complexity index is 354. The van der Waals surface area contributed by atoms with Crippen LogP contribution in [0.3, 0.4) is 0 Å². The lowest BCUT2D eigenvalue weighted by Gasteiger charge is -2.33. The van der Waals surface area contributed by atoms with E-state index in [1.54, 1.807) is 0 Å². The first kappa shape index (κ1) is 11.9. The van der Waals surface area contributed by atoms with Gasteiger partial charge < -0.3 is 0 Å². The highest BCUT2D eigenvalue weighted by Gasteiger charge is 2.24. The fraction of sp³-hybridized carbons (Fsp3) is 0.615. The van der Waals surface area contributed by atoms with Crippen LogP contribution in [0, 0.1) is 12.8 Å². The van der Waals surface area contributed by atoms with E-state index < -0.39 is 0 Å². The minimum absolute atomic E-state index is 0.290. The van der Waals surface area contributed by atoms with Gasteiger partial charge in [-0.2, -0.15) is 0 Å².